The van der Waals surface area contributed by atoms with Gasteiger partial charge in [-0.15, -0.1) is 5.10 Å². The molecule has 1 heterocycles. The SMILES string of the molecule is CCc1nnsc1C(NN)c1ccc(C(F)(F)F)cc1. The average Bonchev–Trinajstić information content (AvgIpc) is 2.87. The molecule has 1 unspecified atom stereocenters. The highest BCUT2D eigenvalue weighted by molar-refractivity contribution is 7.05. The Bertz CT molecular complexity index is 565. The van der Waals surface area contributed by atoms with Crippen LogP contribution < -0.4 is 11.3 Å². The largest absolute Gasteiger partial charge is 0.416 e. The zero-order valence-corrected chi connectivity index (χ0v) is 11.4. The molecule has 0 spiro atoms. The van der Waals surface area contributed by atoms with Crippen molar-refractivity contribution in [1.29, 1.82) is 0 Å². The minimum Gasteiger partial charge on any atom is -0.271 e. The van der Waals surface area contributed by atoms with Crippen LogP contribution in [0.1, 0.15) is 34.7 Å². The second kappa shape index (κ2) is 5.86. The van der Waals surface area contributed by atoms with E-state index in [4.69, 9.17) is 5.84 Å². The fourth-order valence-corrected chi connectivity index (χ4v) is 2.70. The summed E-state index contributed by atoms with van der Waals surface area (Å²) in [5.41, 5.74) is 3.35. The van der Waals surface area contributed by atoms with Crippen LogP contribution in [0, 0.1) is 0 Å². The zero-order valence-electron chi connectivity index (χ0n) is 10.6. The second-order valence-corrected chi connectivity index (χ2v) is 4.94. The Morgan fingerprint density at radius 3 is 2.45 bits per heavy atom. The summed E-state index contributed by atoms with van der Waals surface area (Å²) in [6.07, 6.45) is -3.66. The second-order valence-electron chi connectivity index (χ2n) is 4.16. The van der Waals surface area contributed by atoms with Crippen LogP contribution in [0.2, 0.25) is 0 Å². The highest BCUT2D eigenvalue weighted by Crippen LogP contribution is 2.32. The van der Waals surface area contributed by atoms with Crippen molar-refractivity contribution in [3.63, 3.8) is 0 Å². The van der Waals surface area contributed by atoms with Gasteiger partial charge in [0, 0.05) is 0 Å². The van der Waals surface area contributed by atoms with Crippen molar-refractivity contribution in [2.75, 3.05) is 0 Å². The van der Waals surface area contributed by atoms with Gasteiger partial charge in [0.2, 0.25) is 0 Å². The summed E-state index contributed by atoms with van der Waals surface area (Å²) in [5, 5.41) is 3.98. The molecule has 1 aromatic carbocycles. The Labute approximate surface area is 117 Å². The molecule has 0 aliphatic carbocycles. The Morgan fingerprint density at radius 1 is 1.30 bits per heavy atom. The maximum Gasteiger partial charge on any atom is 0.416 e. The van der Waals surface area contributed by atoms with Crippen molar-refractivity contribution in [3.8, 4) is 0 Å². The molecule has 4 nitrogen and oxygen atoms in total. The van der Waals surface area contributed by atoms with Crippen LogP contribution in [-0.4, -0.2) is 9.59 Å². The van der Waals surface area contributed by atoms with Gasteiger partial charge in [0.05, 0.1) is 22.2 Å². The lowest BCUT2D eigenvalue weighted by molar-refractivity contribution is -0.137. The minimum absolute atomic E-state index is 0.410. The number of hydrazine groups is 1. The van der Waals surface area contributed by atoms with Gasteiger partial charge in [-0.05, 0) is 35.6 Å². The van der Waals surface area contributed by atoms with Crippen LogP contribution in [0.5, 0.6) is 0 Å². The molecule has 108 valence electrons. The van der Waals surface area contributed by atoms with Gasteiger partial charge in [0.25, 0.3) is 0 Å². The molecule has 3 N–H and O–H groups in total. The number of aromatic nitrogens is 2. The van der Waals surface area contributed by atoms with E-state index in [9.17, 15) is 13.2 Å². The maximum absolute atomic E-state index is 12.5. The van der Waals surface area contributed by atoms with Crippen LogP contribution in [0.3, 0.4) is 0 Å². The molecule has 0 aliphatic rings. The van der Waals surface area contributed by atoms with Gasteiger partial charge >= 0.3 is 6.18 Å². The van der Waals surface area contributed by atoms with Gasteiger partial charge in [-0.1, -0.05) is 23.5 Å². The third-order valence-electron chi connectivity index (χ3n) is 2.92. The van der Waals surface area contributed by atoms with Crippen molar-refractivity contribution in [1.82, 2.24) is 15.0 Å². The van der Waals surface area contributed by atoms with Gasteiger partial charge in [-0.25, -0.2) is 5.43 Å². The molecule has 0 aliphatic heterocycles. The minimum atomic E-state index is -4.34. The summed E-state index contributed by atoms with van der Waals surface area (Å²) in [4.78, 5) is 0.815. The van der Waals surface area contributed by atoms with Crippen LogP contribution in [0.15, 0.2) is 24.3 Å². The van der Waals surface area contributed by atoms with E-state index < -0.39 is 17.8 Å². The Hall–Kier alpha value is -1.51. The molecular formula is C12H13F3N4S. The molecule has 0 amide bonds. The quantitative estimate of drug-likeness (QED) is 0.673. The standard InChI is InChI=1S/C12H13F3N4S/c1-2-9-11(20-19-18-9)10(17-16)7-3-5-8(6-4-7)12(13,14)15/h3-6,10,17H,2,16H2,1H3. The van der Waals surface area contributed by atoms with Crippen LogP contribution in [0.25, 0.3) is 0 Å². The third kappa shape index (κ3) is 2.97. The van der Waals surface area contributed by atoms with Crippen molar-refractivity contribution >= 4 is 11.5 Å². The molecule has 0 radical (unpaired) electrons. The van der Waals surface area contributed by atoms with Crippen molar-refractivity contribution in [2.24, 2.45) is 5.84 Å². The number of hydrogen-bond donors (Lipinski definition) is 2. The summed E-state index contributed by atoms with van der Waals surface area (Å²) in [7, 11) is 0. The molecule has 2 rings (SSSR count). The number of benzene rings is 1. The highest BCUT2D eigenvalue weighted by Gasteiger charge is 2.30. The number of nitrogens with one attached hydrogen (secondary N) is 1. The Balaban J connectivity index is 2.33. The number of nitrogens with two attached hydrogens (primary N) is 1. The first-order valence-corrected chi connectivity index (χ1v) is 6.69. The number of nitrogens with zero attached hydrogens (tertiary/aromatic N) is 2. The van der Waals surface area contributed by atoms with Crippen LogP contribution in [0.4, 0.5) is 13.2 Å². The smallest absolute Gasteiger partial charge is 0.271 e. The number of aryl methyl sites for hydroxylation is 1. The number of alkyl halides is 3. The van der Waals surface area contributed by atoms with E-state index in [0.717, 1.165) is 22.7 Å². The molecule has 1 aromatic heterocycles. The van der Waals surface area contributed by atoms with E-state index >= 15 is 0 Å². The zero-order chi connectivity index (χ0) is 14.8. The first kappa shape index (κ1) is 14.9. The lowest BCUT2D eigenvalue weighted by atomic mass is 10.0. The normalized spacial score (nSPS) is 13.4. The van der Waals surface area contributed by atoms with E-state index in [-0.39, 0.29) is 0 Å². The van der Waals surface area contributed by atoms with E-state index in [2.05, 4.69) is 15.0 Å². The number of rotatable bonds is 4. The molecule has 0 bridgehead atoms. The topological polar surface area (TPSA) is 63.8 Å². The summed E-state index contributed by atoms with van der Waals surface area (Å²) in [6.45, 7) is 1.93. The molecule has 20 heavy (non-hydrogen) atoms. The van der Waals surface area contributed by atoms with Gasteiger partial charge in [-0.3, -0.25) is 5.84 Å². The predicted molar refractivity (Wildman–Crippen MR) is 69.9 cm³/mol. The molecule has 2 aromatic rings. The lowest BCUT2D eigenvalue weighted by Crippen LogP contribution is -2.29. The van der Waals surface area contributed by atoms with Crippen molar-refractivity contribution in [2.45, 2.75) is 25.6 Å². The van der Waals surface area contributed by atoms with E-state index in [1.165, 1.54) is 23.7 Å². The van der Waals surface area contributed by atoms with E-state index in [1.807, 2.05) is 6.92 Å². The van der Waals surface area contributed by atoms with E-state index in [0.29, 0.717) is 12.0 Å². The summed E-state index contributed by atoms with van der Waals surface area (Å²) in [6, 6.07) is 4.49. The lowest BCUT2D eigenvalue weighted by Gasteiger charge is -2.16. The fraction of sp³-hybridized carbons (Fsp3) is 0.333. The number of halogens is 3. The molecular weight excluding hydrogens is 289 g/mol. The Morgan fingerprint density at radius 2 is 1.95 bits per heavy atom. The first-order valence-electron chi connectivity index (χ1n) is 5.91. The molecule has 0 fully saturated rings. The molecule has 1 atom stereocenters. The molecule has 0 saturated carbocycles. The van der Waals surface area contributed by atoms with Gasteiger partial charge in [0.15, 0.2) is 0 Å². The van der Waals surface area contributed by atoms with Crippen molar-refractivity contribution in [3.05, 3.63) is 46.0 Å². The predicted octanol–water partition coefficient (Wildman–Crippen LogP) is 2.67. The highest BCUT2D eigenvalue weighted by atomic mass is 32.1. The summed E-state index contributed by atoms with van der Waals surface area (Å²) < 4.78 is 41.5. The number of hydrogen-bond acceptors (Lipinski definition) is 5. The van der Waals surface area contributed by atoms with Crippen LogP contribution >= 0.6 is 11.5 Å². The van der Waals surface area contributed by atoms with E-state index in [1.54, 1.807) is 0 Å². The van der Waals surface area contributed by atoms with Crippen molar-refractivity contribution < 1.29 is 13.2 Å². The third-order valence-corrected chi connectivity index (χ3v) is 3.75. The first-order chi connectivity index (χ1) is 9.47. The van der Waals surface area contributed by atoms with Gasteiger partial charge < -0.3 is 0 Å². The summed E-state index contributed by atoms with van der Waals surface area (Å²) >= 11 is 1.19. The van der Waals surface area contributed by atoms with Crippen LogP contribution in [-0.2, 0) is 12.6 Å². The fourth-order valence-electron chi connectivity index (χ4n) is 1.87. The Kier molecular flexibility index (Phi) is 4.36. The van der Waals surface area contributed by atoms with Gasteiger partial charge in [0.1, 0.15) is 0 Å². The summed E-state index contributed by atoms with van der Waals surface area (Å²) in [5.74, 6) is 5.52. The molecule has 0 saturated heterocycles. The molecule has 8 heteroatoms. The maximum atomic E-state index is 12.5. The van der Waals surface area contributed by atoms with Gasteiger partial charge in [-0.2, -0.15) is 13.2 Å². The monoisotopic (exact) mass is 302 g/mol. The average molecular weight is 302 g/mol.